The highest BCUT2D eigenvalue weighted by molar-refractivity contribution is 9.10. The van der Waals surface area contributed by atoms with Crippen molar-refractivity contribution in [3.63, 3.8) is 0 Å². The van der Waals surface area contributed by atoms with Gasteiger partial charge in [-0.15, -0.1) is 0 Å². The summed E-state index contributed by atoms with van der Waals surface area (Å²) in [6.45, 7) is 4.57. The predicted molar refractivity (Wildman–Crippen MR) is 82.2 cm³/mol. The number of hydrogen-bond donors (Lipinski definition) is 1. The highest BCUT2D eigenvalue weighted by Gasteiger charge is 2.27. The second kappa shape index (κ2) is 7.52. The van der Waals surface area contributed by atoms with E-state index in [1.54, 1.807) is 0 Å². The maximum absolute atomic E-state index is 9.76. The van der Waals surface area contributed by atoms with Crippen molar-refractivity contribution in [1.29, 1.82) is 0 Å². The summed E-state index contributed by atoms with van der Waals surface area (Å²) >= 11 is 9.69. The van der Waals surface area contributed by atoms with Gasteiger partial charge in [-0.3, -0.25) is 0 Å². The zero-order chi connectivity index (χ0) is 13.6. The zero-order valence-electron chi connectivity index (χ0n) is 11.2. The van der Waals surface area contributed by atoms with Gasteiger partial charge in [-0.2, -0.15) is 0 Å². The Kier molecular flexibility index (Phi) is 6.68. The SMILES string of the molecule is CCCCC(CC)(CO)Cc1ccc(Br)cc1Cl. The van der Waals surface area contributed by atoms with Crippen molar-refractivity contribution in [2.24, 2.45) is 5.41 Å². The van der Waals surface area contributed by atoms with Crippen LogP contribution in [0.1, 0.15) is 45.1 Å². The van der Waals surface area contributed by atoms with Gasteiger partial charge in [-0.1, -0.05) is 60.3 Å². The van der Waals surface area contributed by atoms with Crippen LogP contribution in [0.3, 0.4) is 0 Å². The molecule has 0 saturated carbocycles. The quantitative estimate of drug-likeness (QED) is 0.725. The van der Waals surface area contributed by atoms with Crippen LogP contribution in [0.15, 0.2) is 22.7 Å². The monoisotopic (exact) mass is 332 g/mol. The molecule has 1 nitrogen and oxygen atoms in total. The molecule has 1 N–H and O–H groups in total. The normalized spacial score (nSPS) is 14.5. The van der Waals surface area contributed by atoms with Crippen molar-refractivity contribution in [1.82, 2.24) is 0 Å². The highest BCUT2D eigenvalue weighted by Crippen LogP contribution is 2.35. The molecule has 0 fully saturated rings. The van der Waals surface area contributed by atoms with Crippen molar-refractivity contribution in [3.8, 4) is 0 Å². The predicted octanol–water partition coefficient (Wildman–Crippen LogP) is 5.22. The zero-order valence-corrected chi connectivity index (χ0v) is 13.5. The minimum Gasteiger partial charge on any atom is -0.396 e. The number of aliphatic hydroxyl groups excluding tert-OH is 1. The number of benzene rings is 1. The first kappa shape index (κ1) is 16.0. The lowest BCUT2D eigenvalue weighted by atomic mass is 9.76. The third-order valence-electron chi connectivity index (χ3n) is 3.73. The molecule has 1 aromatic carbocycles. The molecule has 1 atom stereocenters. The van der Waals surface area contributed by atoms with E-state index in [4.69, 9.17) is 11.6 Å². The van der Waals surface area contributed by atoms with Gasteiger partial charge in [0, 0.05) is 16.1 Å². The molecule has 0 heterocycles. The Hall–Kier alpha value is -0.0500. The lowest BCUT2D eigenvalue weighted by Crippen LogP contribution is -2.27. The van der Waals surface area contributed by atoms with Gasteiger partial charge >= 0.3 is 0 Å². The maximum Gasteiger partial charge on any atom is 0.0490 e. The Morgan fingerprint density at radius 3 is 2.56 bits per heavy atom. The summed E-state index contributed by atoms with van der Waals surface area (Å²) in [4.78, 5) is 0. The van der Waals surface area contributed by atoms with Gasteiger partial charge in [-0.25, -0.2) is 0 Å². The van der Waals surface area contributed by atoms with Gasteiger partial charge in [0.05, 0.1) is 0 Å². The van der Waals surface area contributed by atoms with E-state index in [1.807, 2.05) is 12.1 Å². The molecule has 0 spiro atoms. The molecular weight excluding hydrogens is 312 g/mol. The average Bonchev–Trinajstić information content (AvgIpc) is 2.37. The van der Waals surface area contributed by atoms with Crippen LogP contribution in [-0.4, -0.2) is 11.7 Å². The van der Waals surface area contributed by atoms with Crippen LogP contribution in [-0.2, 0) is 6.42 Å². The Bertz CT molecular complexity index is 375. The molecule has 1 rings (SSSR count). The third-order valence-corrected chi connectivity index (χ3v) is 4.57. The molecule has 0 radical (unpaired) electrons. The number of halogens is 2. The second-order valence-electron chi connectivity index (χ2n) is 5.03. The average molecular weight is 334 g/mol. The first-order valence-corrected chi connectivity index (χ1v) is 7.79. The van der Waals surface area contributed by atoms with Crippen LogP contribution < -0.4 is 0 Å². The van der Waals surface area contributed by atoms with Crippen LogP contribution >= 0.6 is 27.5 Å². The molecule has 3 heteroatoms. The molecule has 0 amide bonds. The standard InChI is InChI=1S/C15H22BrClO/c1-3-5-8-15(4-2,11-18)10-12-6-7-13(16)9-14(12)17/h6-7,9,18H,3-5,8,10-11H2,1-2H3. The van der Waals surface area contributed by atoms with E-state index in [9.17, 15) is 5.11 Å². The van der Waals surface area contributed by atoms with Crippen molar-refractivity contribution in [3.05, 3.63) is 33.3 Å². The molecule has 1 aromatic rings. The van der Waals surface area contributed by atoms with E-state index < -0.39 is 0 Å². The molecule has 102 valence electrons. The lowest BCUT2D eigenvalue weighted by molar-refractivity contribution is 0.107. The van der Waals surface area contributed by atoms with Crippen LogP contribution in [0.4, 0.5) is 0 Å². The number of aliphatic hydroxyl groups is 1. The van der Waals surface area contributed by atoms with E-state index >= 15 is 0 Å². The number of hydrogen-bond acceptors (Lipinski definition) is 1. The molecule has 0 aliphatic heterocycles. The van der Waals surface area contributed by atoms with Gasteiger partial charge in [-0.05, 0) is 42.4 Å². The summed E-state index contributed by atoms with van der Waals surface area (Å²) < 4.78 is 0.996. The Morgan fingerprint density at radius 2 is 2.06 bits per heavy atom. The fourth-order valence-electron chi connectivity index (χ4n) is 2.26. The van der Waals surface area contributed by atoms with Crippen LogP contribution in [0.25, 0.3) is 0 Å². The van der Waals surface area contributed by atoms with Crippen molar-refractivity contribution < 1.29 is 5.11 Å². The smallest absolute Gasteiger partial charge is 0.0490 e. The minimum absolute atomic E-state index is 0.0204. The lowest BCUT2D eigenvalue weighted by Gasteiger charge is -2.31. The van der Waals surface area contributed by atoms with E-state index in [0.717, 1.165) is 47.2 Å². The first-order valence-electron chi connectivity index (χ1n) is 6.61. The van der Waals surface area contributed by atoms with E-state index in [1.165, 1.54) is 0 Å². The third kappa shape index (κ3) is 4.25. The van der Waals surface area contributed by atoms with Gasteiger partial charge in [0.2, 0.25) is 0 Å². The molecule has 18 heavy (non-hydrogen) atoms. The van der Waals surface area contributed by atoms with Gasteiger partial charge in [0.15, 0.2) is 0 Å². The van der Waals surface area contributed by atoms with Gasteiger partial charge in [0.1, 0.15) is 0 Å². The number of unbranched alkanes of at least 4 members (excludes halogenated alkanes) is 1. The first-order chi connectivity index (χ1) is 8.56. The Labute approximate surface area is 124 Å². The molecular formula is C15H22BrClO. The summed E-state index contributed by atoms with van der Waals surface area (Å²) in [5, 5.41) is 10.5. The Balaban J connectivity index is 2.88. The molecule has 0 aromatic heterocycles. The highest BCUT2D eigenvalue weighted by atomic mass is 79.9. The summed E-state index contributed by atoms with van der Waals surface area (Å²) in [6, 6.07) is 5.99. The second-order valence-corrected chi connectivity index (χ2v) is 6.35. The summed E-state index contributed by atoms with van der Waals surface area (Å²) in [6.07, 6.45) is 5.21. The number of rotatable bonds is 7. The molecule has 0 saturated heterocycles. The van der Waals surface area contributed by atoms with Crippen molar-refractivity contribution >= 4 is 27.5 Å². The molecule has 0 aliphatic rings. The fourth-order valence-corrected chi connectivity index (χ4v) is 3.00. The van der Waals surface area contributed by atoms with Crippen LogP contribution in [0, 0.1) is 5.41 Å². The van der Waals surface area contributed by atoms with Gasteiger partial charge < -0.3 is 5.11 Å². The molecule has 0 bridgehead atoms. The van der Waals surface area contributed by atoms with E-state index in [0.29, 0.717) is 0 Å². The largest absolute Gasteiger partial charge is 0.396 e. The minimum atomic E-state index is -0.0204. The Morgan fingerprint density at radius 1 is 1.33 bits per heavy atom. The van der Waals surface area contributed by atoms with Gasteiger partial charge in [0.25, 0.3) is 0 Å². The van der Waals surface area contributed by atoms with E-state index in [-0.39, 0.29) is 12.0 Å². The fraction of sp³-hybridized carbons (Fsp3) is 0.600. The summed E-state index contributed by atoms with van der Waals surface area (Å²) in [5.41, 5.74) is 1.11. The summed E-state index contributed by atoms with van der Waals surface area (Å²) in [5.74, 6) is 0. The summed E-state index contributed by atoms with van der Waals surface area (Å²) in [7, 11) is 0. The molecule has 0 aliphatic carbocycles. The van der Waals surface area contributed by atoms with Crippen molar-refractivity contribution in [2.45, 2.75) is 46.0 Å². The molecule has 1 unspecified atom stereocenters. The van der Waals surface area contributed by atoms with Crippen LogP contribution in [0.5, 0.6) is 0 Å². The topological polar surface area (TPSA) is 20.2 Å². The van der Waals surface area contributed by atoms with Crippen molar-refractivity contribution in [2.75, 3.05) is 6.61 Å². The van der Waals surface area contributed by atoms with Crippen LogP contribution in [0.2, 0.25) is 5.02 Å². The maximum atomic E-state index is 9.76. The van der Waals surface area contributed by atoms with E-state index in [2.05, 4.69) is 35.8 Å².